The first-order chi connectivity index (χ1) is 14.3. The van der Waals surface area contributed by atoms with Gasteiger partial charge in [0.1, 0.15) is 16.4 Å². The zero-order valence-electron chi connectivity index (χ0n) is 16.2. The molecule has 2 N–H and O–H groups in total. The Morgan fingerprint density at radius 1 is 0.667 bits per heavy atom. The van der Waals surface area contributed by atoms with Crippen molar-refractivity contribution < 1.29 is 26.3 Å². The molecule has 0 aliphatic heterocycles. The average Bonchev–Trinajstić information content (AvgIpc) is 2.73. The molecule has 0 spiro atoms. The molecule has 10 heteroatoms. The molecule has 0 aromatic heterocycles. The third-order valence-corrected chi connectivity index (χ3v) is 6.89. The Labute approximate surface area is 175 Å². The van der Waals surface area contributed by atoms with Crippen LogP contribution in [0.3, 0.4) is 0 Å². The molecule has 8 nitrogen and oxygen atoms in total. The Balaban J connectivity index is 1.90. The van der Waals surface area contributed by atoms with Gasteiger partial charge in [-0.1, -0.05) is 30.3 Å². The molecule has 0 aliphatic carbocycles. The van der Waals surface area contributed by atoms with Gasteiger partial charge in [0.2, 0.25) is 0 Å². The van der Waals surface area contributed by atoms with Crippen molar-refractivity contribution in [2.24, 2.45) is 0 Å². The molecule has 158 valence electrons. The van der Waals surface area contributed by atoms with Gasteiger partial charge in [0.25, 0.3) is 20.0 Å². The number of sulfonamides is 2. The maximum Gasteiger partial charge on any atom is 0.265 e. The summed E-state index contributed by atoms with van der Waals surface area (Å²) in [5, 5.41) is 0. The Kier molecular flexibility index (Phi) is 6.18. The van der Waals surface area contributed by atoms with Crippen LogP contribution >= 0.6 is 0 Å². The van der Waals surface area contributed by atoms with E-state index in [9.17, 15) is 16.8 Å². The maximum atomic E-state index is 12.8. The zero-order valence-corrected chi connectivity index (χ0v) is 17.8. The molecule has 0 radical (unpaired) electrons. The summed E-state index contributed by atoms with van der Waals surface area (Å²) in [6.45, 7) is 0. The molecule has 0 aliphatic rings. The summed E-state index contributed by atoms with van der Waals surface area (Å²) in [5.41, 5.74) is 0.351. The number of hydrogen-bond donors (Lipinski definition) is 2. The molecule has 0 saturated carbocycles. The highest BCUT2D eigenvalue weighted by Crippen LogP contribution is 2.28. The first kappa shape index (κ1) is 21.5. The van der Waals surface area contributed by atoms with Crippen LogP contribution in [-0.4, -0.2) is 31.1 Å². The summed E-state index contributed by atoms with van der Waals surface area (Å²) >= 11 is 0. The van der Waals surface area contributed by atoms with Crippen molar-refractivity contribution in [1.29, 1.82) is 0 Å². The average molecular weight is 449 g/mol. The Bertz CT molecular complexity index is 1260. The minimum Gasteiger partial charge on any atom is -0.495 e. The van der Waals surface area contributed by atoms with E-state index < -0.39 is 20.0 Å². The minimum atomic E-state index is -4.00. The van der Waals surface area contributed by atoms with E-state index in [1.807, 2.05) is 0 Å². The lowest BCUT2D eigenvalue weighted by Gasteiger charge is -2.14. The standard InChI is InChI=1S/C20H20N2O6S2/c1-27-18-11-4-3-10-17(18)22-29(23,24)16-9-7-8-15(14-16)21-30(25,26)20-13-6-5-12-19(20)28-2/h3-14,21-22H,1-2H3. The van der Waals surface area contributed by atoms with E-state index in [4.69, 9.17) is 9.47 Å². The number of para-hydroxylation sites is 3. The third kappa shape index (κ3) is 4.66. The molecule has 3 aromatic rings. The molecular weight excluding hydrogens is 428 g/mol. The van der Waals surface area contributed by atoms with E-state index in [2.05, 4.69) is 9.44 Å². The van der Waals surface area contributed by atoms with Gasteiger partial charge in [-0.3, -0.25) is 9.44 Å². The molecule has 0 amide bonds. The molecule has 0 bridgehead atoms. The fraction of sp³-hybridized carbons (Fsp3) is 0.100. The van der Waals surface area contributed by atoms with Gasteiger partial charge < -0.3 is 9.47 Å². The number of benzene rings is 3. The van der Waals surface area contributed by atoms with Gasteiger partial charge >= 0.3 is 0 Å². The Morgan fingerprint density at radius 3 is 2.00 bits per heavy atom. The van der Waals surface area contributed by atoms with Crippen molar-refractivity contribution in [2.45, 2.75) is 9.79 Å². The molecule has 0 unspecified atom stereocenters. The van der Waals surface area contributed by atoms with Gasteiger partial charge in [0.15, 0.2) is 0 Å². The fourth-order valence-corrected chi connectivity index (χ4v) is 5.05. The lowest BCUT2D eigenvalue weighted by Crippen LogP contribution is -2.16. The Morgan fingerprint density at radius 2 is 1.30 bits per heavy atom. The second-order valence-corrected chi connectivity index (χ2v) is 9.42. The largest absolute Gasteiger partial charge is 0.495 e. The molecule has 3 rings (SSSR count). The van der Waals surface area contributed by atoms with Crippen LogP contribution in [0.4, 0.5) is 11.4 Å². The van der Waals surface area contributed by atoms with E-state index in [0.29, 0.717) is 5.75 Å². The van der Waals surface area contributed by atoms with Crippen molar-refractivity contribution in [1.82, 2.24) is 0 Å². The zero-order chi connectivity index (χ0) is 21.8. The van der Waals surface area contributed by atoms with Gasteiger partial charge in [0, 0.05) is 0 Å². The van der Waals surface area contributed by atoms with Crippen molar-refractivity contribution >= 4 is 31.4 Å². The number of hydrogen-bond acceptors (Lipinski definition) is 6. The molecular formula is C20H20N2O6S2. The van der Waals surface area contributed by atoms with E-state index in [-0.39, 0.29) is 26.9 Å². The topological polar surface area (TPSA) is 111 Å². The summed E-state index contributed by atoms with van der Waals surface area (Å²) < 4.78 is 66.2. The quantitative estimate of drug-likeness (QED) is 0.547. The van der Waals surface area contributed by atoms with Crippen molar-refractivity contribution in [3.8, 4) is 11.5 Å². The second-order valence-electron chi connectivity index (χ2n) is 6.09. The van der Waals surface area contributed by atoms with Gasteiger partial charge in [0.05, 0.1) is 30.5 Å². The summed E-state index contributed by atoms with van der Waals surface area (Å²) in [5.74, 6) is 0.528. The van der Waals surface area contributed by atoms with Crippen LogP contribution in [0.25, 0.3) is 0 Å². The van der Waals surface area contributed by atoms with Crippen LogP contribution in [0, 0.1) is 0 Å². The summed E-state index contributed by atoms with van der Waals surface area (Å²) in [7, 11) is -5.19. The monoisotopic (exact) mass is 448 g/mol. The molecule has 30 heavy (non-hydrogen) atoms. The van der Waals surface area contributed by atoms with Crippen LogP contribution in [0.5, 0.6) is 11.5 Å². The predicted molar refractivity (Wildman–Crippen MR) is 114 cm³/mol. The highest BCUT2D eigenvalue weighted by molar-refractivity contribution is 7.93. The molecule has 0 atom stereocenters. The second kappa shape index (κ2) is 8.64. The fourth-order valence-electron chi connectivity index (χ4n) is 2.71. The predicted octanol–water partition coefficient (Wildman–Crippen LogP) is 3.31. The van der Waals surface area contributed by atoms with Crippen LogP contribution in [0.2, 0.25) is 0 Å². The van der Waals surface area contributed by atoms with Gasteiger partial charge in [-0.05, 0) is 42.5 Å². The van der Waals surface area contributed by atoms with Crippen LogP contribution in [0.15, 0.2) is 82.6 Å². The minimum absolute atomic E-state index is 0.0621. The van der Waals surface area contributed by atoms with E-state index >= 15 is 0 Å². The van der Waals surface area contributed by atoms with Crippen LogP contribution in [0.1, 0.15) is 0 Å². The number of ether oxygens (including phenoxy) is 2. The summed E-state index contributed by atoms with van der Waals surface area (Å²) in [6.07, 6.45) is 0. The van der Waals surface area contributed by atoms with E-state index in [1.165, 1.54) is 50.6 Å². The van der Waals surface area contributed by atoms with Gasteiger partial charge in [-0.15, -0.1) is 0 Å². The third-order valence-electron chi connectivity index (χ3n) is 4.11. The highest BCUT2D eigenvalue weighted by atomic mass is 32.2. The van der Waals surface area contributed by atoms with Crippen LogP contribution < -0.4 is 18.9 Å². The van der Waals surface area contributed by atoms with Gasteiger partial charge in [-0.2, -0.15) is 0 Å². The number of anilines is 2. The smallest absolute Gasteiger partial charge is 0.265 e. The van der Waals surface area contributed by atoms with Crippen molar-refractivity contribution in [3.05, 3.63) is 72.8 Å². The lowest BCUT2D eigenvalue weighted by atomic mass is 10.3. The number of methoxy groups -OCH3 is 2. The number of nitrogens with one attached hydrogen (secondary N) is 2. The summed E-state index contributed by atoms with van der Waals surface area (Å²) in [6, 6.07) is 18.2. The van der Waals surface area contributed by atoms with E-state index in [0.717, 1.165) is 0 Å². The highest BCUT2D eigenvalue weighted by Gasteiger charge is 2.21. The van der Waals surface area contributed by atoms with Crippen LogP contribution in [-0.2, 0) is 20.0 Å². The first-order valence-electron chi connectivity index (χ1n) is 8.68. The lowest BCUT2D eigenvalue weighted by molar-refractivity contribution is 0.403. The number of rotatable bonds is 8. The summed E-state index contributed by atoms with van der Waals surface area (Å²) in [4.78, 5) is -0.179. The van der Waals surface area contributed by atoms with Crippen molar-refractivity contribution in [3.63, 3.8) is 0 Å². The SMILES string of the molecule is COc1ccccc1NS(=O)(=O)c1cccc(NS(=O)(=O)c2ccccc2OC)c1. The maximum absolute atomic E-state index is 12.8. The Hall–Kier alpha value is -3.24. The van der Waals surface area contributed by atoms with Gasteiger partial charge in [-0.25, -0.2) is 16.8 Å². The molecule has 0 saturated heterocycles. The molecule has 0 heterocycles. The molecule has 0 fully saturated rings. The van der Waals surface area contributed by atoms with Crippen molar-refractivity contribution in [2.75, 3.05) is 23.7 Å². The first-order valence-corrected chi connectivity index (χ1v) is 11.7. The normalized spacial score (nSPS) is 11.5. The van der Waals surface area contributed by atoms with E-state index in [1.54, 1.807) is 36.4 Å². The molecule has 3 aromatic carbocycles.